The van der Waals surface area contributed by atoms with Gasteiger partial charge in [0.1, 0.15) is 16.8 Å². The highest BCUT2D eigenvalue weighted by atomic mass is 16.6. The predicted molar refractivity (Wildman–Crippen MR) is 121 cm³/mol. The first-order valence-electron chi connectivity index (χ1n) is 10.4. The number of hydrogen-bond acceptors (Lipinski definition) is 8. The van der Waals surface area contributed by atoms with Crippen molar-refractivity contribution in [3.8, 4) is 0 Å². The molecule has 0 spiro atoms. The first-order valence-corrected chi connectivity index (χ1v) is 10.4. The van der Waals surface area contributed by atoms with Crippen molar-refractivity contribution in [1.29, 1.82) is 0 Å². The van der Waals surface area contributed by atoms with Crippen LogP contribution in [0.3, 0.4) is 0 Å². The first kappa shape index (κ1) is 22.6. The monoisotopic (exact) mass is 461 g/mol. The molecule has 34 heavy (non-hydrogen) atoms. The molecule has 0 aliphatic rings. The van der Waals surface area contributed by atoms with E-state index in [4.69, 9.17) is 9.47 Å². The number of aromatic nitrogens is 2. The van der Waals surface area contributed by atoms with Gasteiger partial charge in [0, 0.05) is 28.5 Å². The van der Waals surface area contributed by atoms with E-state index < -0.39 is 22.6 Å². The van der Waals surface area contributed by atoms with E-state index in [1.807, 2.05) is 0 Å². The first-order chi connectivity index (χ1) is 16.4. The average molecular weight is 461 g/mol. The number of ketones is 1. The second kappa shape index (κ2) is 9.10. The van der Waals surface area contributed by atoms with Gasteiger partial charge >= 0.3 is 11.9 Å². The van der Waals surface area contributed by atoms with Gasteiger partial charge in [0.2, 0.25) is 5.78 Å². The maximum atomic E-state index is 13.7. The second-order valence-corrected chi connectivity index (χ2v) is 7.17. The third kappa shape index (κ3) is 3.75. The summed E-state index contributed by atoms with van der Waals surface area (Å²) in [6.07, 6.45) is 1.50. The molecular weight excluding hydrogens is 442 g/mol. The zero-order valence-corrected chi connectivity index (χ0v) is 18.3. The molecule has 2 aromatic heterocycles. The summed E-state index contributed by atoms with van der Waals surface area (Å²) >= 11 is 0. The topological polar surface area (TPSA) is 130 Å². The maximum absolute atomic E-state index is 13.7. The Kier molecular flexibility index (Phi) is 6.05. The smallest absolute Gasteiger partial charge is 0.341 e. The molecule has 0 unspecified atom stereocenters. The molecule has 0 bridgehead atoms. The number of benzene rings is 2. The minimum Gasteiger partial charge on any atom is -0.462 e. The van der Waals surface area contributed by atoms with E-state index in [0.717, 1.165) is 6.07 Å². The molecule has 10 heteroatoms. The summed E-state index contributed by atoms with van der Waals surface area (Å²) in [6.45, 7) is 3.23. The molecule has 10 nitrogen and oxygen atoms in total. The van der Waals surface area contributed by atoms with Gasteiger partial charge in [0.15, 0.2) is 0 Å². The fraction of sp³-hybridized carbons (Fsp3) is 0.167. The Hall–Kier alpha value is -4.60. The zero-order chi connectivity index (χ0) is 24.4. The summed E-state index contributed by atoms with van der Waals surface area (Å²) in [5, 5.41) is 16.8. The van der Waals surface area contributed by atoms with Crippen LogP contribution < -0.4 is 0 Å². The molecule has 0 amide bonds. The van der Waals surface area contributed by atoms with Gasteiger partial charge in [0.25, 0.3) is 5.69 Å². The van der Waals surface area contributed by atoms with Crippen LogP contribution in [-0.4, -0.2) is 45.5 Å². The molecule has 0 radical (unpaired) electrons. The summed E-state index contributed by atoms with van der Waals surface area (Å²) in [7, 11) is 0. The SMILES string of the molecule is CCOC(=O)c1c(C(=O)OCC)c2c3ccccc3cnn2c1C(=O)c1cccc([N+](=O)[O-])c1. The molecule has 0 saturated heterocycles. The van der Waals surface area contributed by atoms with Crippen molar-refractivity contribution in [2.75, 3.05) is 13.2 Å². The van der Waals surface area contributed by atoms with Crippen molar-refractivity contribution in [3.63, 3.8) is 0 Å². The zero-order valence-electron chi connectivity index (χ0n) is 18.3. The van der Waals surface area contributed by atoms with E-state index in [9.17, 15) is 24.5 Å². The molecule has 0 N–H and O–H groups in total. The molecule has 172 valence electrons. The third-order valence-corrected chi connectivity index (χ3v) is 5.17. The predicted octanol–water partition coefficient (Wildman–Crippen LogP) is 3.98. The lowest BCUT2D eigenvalue weighted by atomic mass is 10.0. The minimum absolute atomic E-state index is 0.00803. The molecule has 0 saturated carbocycles. The van der Waals surface area contributed by atoms with Gasteiger partial charge in [-0.1, -0.05) is 36.4 Å². The Labute approximate surface area is 192 Å². The number of hydrogen-bond donors (Lipinski definition) is 0. The lowest BCUT2D eigenvalue weighted by Crippen LogP contribution is -2.17. The van der Waals surface area contributed by atoms with Crippen molar-refractivity contribution in [1.82, 2.24) is 9.61 Å². The summed E-state index contributed by atoms with van der Waals surface area (Å²) < 4.78 is 11.6. The lowest BCUT2D eigenvalue weighted by molar-refractivity contribution is -0.384. The Bertz CT molecular complexity index is 1470. The number of fused-ring (bicyclic) bond motifs is 3. The van der Waals surface area contributed by atoms with Crippen LogP contribution in [0, 0.1) is 10.1 Å². The van der Waals surface area contributed by atoms with Gasteiger partial charge in [-0.2, -0.15) is 5.10 Å². The van der Waals surface area contributed by atoms with Gasteiger partial charge in [-0.05, 0) is 13.8 Å². The molecule has 4 aromatic rings. The highest BCUT2D eigenvalue weighted by Crippen LogP contribution is 2.32. The Balaban J connectivity index is 2.13. The molecule has 0 fully saturated rings. The largest absolute Gasteiger partial charge is 0.462 e. The van der Waals surface area contributed by atoms with Crippen LogP contribution in [0.1, 0.15) is 50.6 Å². The van der Waals surface area contributed by atoms with Crippen LogP contribution in [0.5, 0.6) is 0 Å². The summed E-state index contributed by atoms with van der Waals surface area (Å²) in [5.41, 5.74) is -0.854. The summed E-state index contributed by atoms with van der Waals surface area (Å²) in [4.78, 5) is 50.4. The van der Waals surface area contributed by atoms with Crippen LogP contribution in [-0.2, 0) is 9.47 Å². The number of non-ortho nitro benzene ring substituents is 1. The maximum Gasteiger partial charge on any atom is 0.341 e. The van der Waals surface area contributed by atoms with Crippen molar-refractivity contribution >= 4 is 39.7 Å². The fourth-order valence-corrected chi connectivity index (χ4v) is 3.78. The van der Waals surface area contributed by atoms with Crippen LogP contribution in [0.2, 0.25) is 0 Å². The third-order valence-electron chi connectivity index (χ3n) is 5.17. The van der Waals surface area contributed by atoms with Crippen LogP contribution >= 0.6 is 0 Å². The van der Waals surface area contributed by atoms with E-state index in [-0.39, 0.29) is 46.8 Å². The quantitative estimate of drug-likeness (QED) is 0.175. The second-order valence-electron chi connectivity index (χ2n) is 7.17. The van der Waals surface area contributed by atoms with Crippen molar-refractivity contribution < 1.29 is 28.8 Å². The Morgan fingerprint density at radius 2 is 1.65 bits per heavy atom. The van der Waals surface area contributed by atoms with E-state index >= 15 is 0 Å². The van der Waals surface area contributed by atoms with Gasteiger partial charge in [-0.3, -0.25) is 14.9 Å². The molecule has 0 aliphatic heterocycles. The number of nitro groups is 1. The van der Waals surface area contributed by atoms with E-state index in [0.29, 0.717) is 10.8 Å². The number of carbonyl (C=O) groups excluding carboxylic acids is 3. The van der Waals surface area contributed by atoms with Gasteiger partial charge in [-0.25, -0.2) is 14.1 Å². The van der Waals surface area contributed by atoms with E-state index in [2.05, 4.69) is 5.10 Å². The molecule has 0 atom stereocenters. The van der Waals surface area contributed by atoms with E-state index in [1.165, 1.54) is 28.9 Å². The van der Waals surface area contributed by atoms with Gasteiger partial charge in [0.05, 0.1) is 29.9 Å². The number of nitrogens with zero attached hydrogens (tertiary/aromatic N) is 3. The molecule has 0 aliphatic carbocycles. The highest BCUT2D eigenvalue weighted by Gasteiger charge is 2.35. The van der Waals surface area contributed by atoms with Crippen LogP contribution in [0.4, 0.5) is 5.69 Å². The lowest BCUT2D eigenvalue weighted by Gasteiger charge is -2.07. The van der Waals surface area contributed by atoms with Crippen LogP contribution in [0.25, 0.3) is 16.3 Å². The Morgan fingerprint density at radius 3 is 2.32 bits per heavy atom. The number of ether oxygens (including phenoxy) is 2. The fourth-order valence-electron chi connectivity index (χ4n) is 3.78. The Morgan fingerprint density at radius 1 is 0.971 bits per heavy atom. The van der Waals surface area contributed by atoms with Gasteiger partial charge < -0.3 is 9.47 Å². The van der Waals surface area contributed by atoms with Crippen LogP contribution in [0.15, 0.2) is 54.7 Å². The normalized spacial score (nSPS) is 10.9. The number of nitro benzene ring substituents is 1. The van der Waals surface area contributed by atoms with Gasteiger partial charge in [-0.15, -0.1) is 0 Å². The van der Waals surface area contributed by atoms with Crippen molar-refractivity contribution in [3.05, 3.63) is 87.2 Å². The molecule has 2 aromatic carbocycles. The molecule has 4 rings (SSSR count). The molecule has 2 heterocycles. The summed E-state index contributed by atoms with van der Waals surface area (Å²) in [6, 6.07) is 12.1. The number of carbonyl (C=O) groups is 3. The number of rotatable bonds is 7. The average Bonchev–Trinajstić information content (AvgIpc) is 3.20. The highest BCUT2D eigenvalue weighted by molar-refractivity contribution is 6.22. The standard InChI is InChI=1S/C24H19N3O7/c1-3-33-23(29)18-19(24(30)34-4-2)21(22(28)14-9-7-10-16(12-14)27(31)32)26-20(18)17-11-6-5-8-15(17)13-25-26/h5-13H,3-4H2,1-2H3. The summed E-state index contributed by atoms with van der Waals surface area (Å²) in [5.74, 6) is -2.46. The van der Waals surface area contributed by atoms with Crippen molar-refractivity contribution in [2.24, 2.45) is 0 Å². The molecular formula is C24H19N3O7. The van der Waals surface area contributed by atoms with Crippen molar-refractivity contribution in [2.45, 2.75) is 13.8 Å². The minimum atomic E-state index is -0.908. The van der Waals surface area contributed by atoms with E-state index in [1.54, 1.807) is 38.1 Å². The number of esters is 2.